The number of carbonyl (C=O) groups excluding carboxylic acids is 1. The summed E-state index contributed by atoms with van der Waals surface area (Å²) in [6.07, 6.45) is 6.90. The first-order chi connectivity index (χ1) is 15.1. The second-order valence-corrected chi connectivity index (χ2v) is 9.98. The number of carbonyl (C=O) groups is 1. The number of aromatic nitrogens is 1. The highest BCUT2D eigenvalue weighted by atomic mass is 32.1. The van der Waals surface area contributed by atoms with Crippen LogP contribution in [0.2, 0.25) is 0 Å². The predicted octanol–water partition coefficient (Wildman–Crippen LogP) is 4.67. The second kappa shape index (κ2) is 8.43. The molecule has 1 amide bonds. The molecule has 2 unspecified atom stereocenters. The van der Waals surface area contributed by atoms with Crippen LogP contribution in [0.15, 0.2) is 29.6 Å². The Balaban J connectivity index is 1.33. The third kappa shape index (κ3) is 4.05. The van der Waals surface area contributed by atoms with E-state index in [9.17, 15) is 4.79 Å². The van der Waals surface area contributed by atoms with Crippen LogP contribution in [0.5, 0.6) is 5.75 Å². The SMILES string of the molecule is COc1cccc(C2CCCN2C(=O)c2csc(N3CC(C)OC4(CCCC4)C3)n2)c1. The fourth-order valence-electron chi connectivity index (χ4n) is 5.53. The number of hydrogen-bond donors (Lipinski definition) is 0. The second-order valence-electron chi connectivity index (χ2n) is 9.15. The average Bonchev–Trinajstić information content (AvgIpc) is 3.54. The van der Waals surface area contributed by atoms with Gasteiger partial charge in [-0.15, -0.1) is 11.3 Å². The van der Waals surface area contributed by atoms with Gasteiger partial charge < -0.3 is 19.3 Å². The van der Waals surface area contributed by atoms with Crippen LogP contribution in [0.4, 0.5) is 5.13 Å². The lowest BCUT2D eigenvalue weighted by Crippen LogP contribution is -2.53. The maximum absolute atomic E-state index is 13.4. The molecule has 7 heteroatoms. The number of benzene rings is 1. The van der Waals surface area contributed by atoms with Gasteiger partial charge in [0.15, 0.2) is 5.13 Å². The van der Waals surface area contributed by atoms with Crippen molar-refractivity contribution in [3.8, 4) is 5.75 Å². The maximum Gasteiger partial charge on any atom is 0.273 e. The summed E-state index contributed by atoms with van der Waals surface area (Å²) in [5.74, 6) is 0.861. The summed E-state index contributed by atoms with van der Waals surface area (Å²) in [5.41, 5.74) is 1.67. The van der Waals surface area contributed by atoms with Crippen LogP contribution in [0.25, 0.3) is 0 Å². The summed E-state index contributed by atoms with van der Waals surface area (Å²) >= 11 is 1.58. The molecule has 3 heterocycles. The first-order valence-electron chi connectivity index (χ1n) is 11.4. The molecule has 31 heavy (non-hydrogen) atoms. The number of morpholine rings is 1. The number of amides is 1. The minimum atomic E-state index is -0.0279. The van der Waals surface area contributed by atoms with E-state index in [4.69, 9.17) is 14.5 Å². The van der Waals surface area contributed by atoms with E-state index < -0.39 is 0 Å². The molecule has 0 bridgehead atoms. The number of likely N-dealkylation sites (tertiary alicyclic amines) is 1. The van der Waals surface area contributed by atoms with Crippen molar-refractivity contribution in [2.24, 2.45) is 0 Å². The van der Waals surface area contributed by atoms with Crippen LogP contribution in [-0.4, -0.2) is 54.2 Å². The molecule has 2 saturated heterocycles. The zero-order chi connectivity index (χ0) is 21.4. The molecule has 166 valence electrons. The van der Waals surface area contributed by atoms with E-state index in [1.165, 1.54) is 12.8 Å². The molecule has 3 aliphatic rings. The van der Waals surface area contributed by atoms with E-state index in [0.717, 1.165) is 61.8 Å². The van der Waals surface area contributed by atoms with Crippen LogP contribution in [0.3, 0.4) is 0 Å². The van der Waals surface area contributed by atoms with Crippen molar-refractivity contribution in [1.29, 1.82) is 0 Å². The Morgan fingerprint density at radius 3 is 2.94 bits per heavy atom. The Morgan fingerprint density at radius 2 is 2.13 bits per heavy atom. The lowest BCUT2D eigenvalue weighted by molar-refractivity contribution is -0.0940. The minimum Gasteiger partial charge on any atom is -0.497 e. The number of thiazole rings is 1. The molecule has 0 radical (unpaired) electrons. The van der Waals surface area contributed by atoms with Gasteiger partial charge in [0.25, 0.3) is 5.91 Å². The molecular weight excluding hydrogens is 410 g/mol. The van der Waals surface area contributed by atoms with E-state index >= 15 is 0 Å². The molecule has 6 nitrogen and oxygen atoms in total. The third-order valence-corrected chi connectivity index (χ3v) is 7.80. The van der Waals surface area contributed by atoms with Crippen LogP contribution >= 0.6 is 11.3 Å². The highest BCUT2D eigenvalue weighted by Crippen LogP contribution is 2.40. The lowest BCUT2D eigenvalue weighted by atomic mass is 9.99. The maximum atomic E-state index is 13.4. The zero-order valence-electron chi connectivity index (χ0n) is 18.4. The van der Waals surface area contributed by atoms with Gasteiger partial charge in [-0.1, -0.05) is 25.0 Å². The fraction of sp³-hybridized carbons (Fsp3) is 0.583. The Labute approximate surface area is 188 Å². The van der Waals surface area contributed by atoms with Gasteiger partial charge in [0.05, 0.1) is 24.9 Å². The summed E-state index contributed by atoms with van der Waals surface area (Å²) < 4.78 is 11.7. The molecule has 2 aliphatic heterocycles. The Hall–Kier alpha value is -2.12. The monoisotopic (exact) mass is 441 g/mol. The average molecular weight is 442 g/mol. The first kappa shape index (κ1) is 20.8. The number of methoxy groups -OCH3 is 1. The summed E-state index contributed by atoms with van der Waals surface area (Å²) in [6, 6.07) is 8.14. The van der Waals surface area contributed by atoms with Gasteiger partial charge in [-0.25, -0.2) is 4.98 Å². The van der Waals surface area contributed by atoms with Gasteiger partial charge in [0.1, 0.15) is 11.4 Å². The van der Waals surface area contributed by atoms with Crippen LogP contribution in [-0.2, 0) is 4.74 Å². The van der Waals surface area contributed by atoms with Crippen molar-refractivity contribution in [2.45, 2.75) is 63.2 Å². The lowest BCUT2D eigenvalue weighted by Gasteiger charge is -2.43. The number of ether oxygens (including phenoxy) is 2. The van der Waals surface area contributed by atoms with Crippen molar-refractivity contribution in [1.82, 2.24) is 9.88 Å². The molecule has 1 aromatic carbocycles. The molecule has 1 saturated carbocycles. The normalized spacial score (nSPS) is 25.4. The van der Waals surface area contributed by atoms with Gasteiger partial charge in [0, 0.05) is 25.0 Å². The van der Waals surface area contributed by atoms with Crippen LogP contribution in [0, 0.1) is 0 Å². The van der Waals surface area contributed by atoms with E-state index in [1.807, 2.05) is 28.5 Å². The Morgan fingerprint density at radius 1 is 1.29 bits per heavy atom. The predicted molar refractivity (Wildman–Crippen MR) is 122 cm³/mol. The van der Waals surface area contributed by atoms with Gasteiger partial charge in [-0.2, -0.15) is 0 Å². The van der Waals surface area contributed by atoms with Crippen LogP contribution in [0.1, 0.15) is 67.5 Å². The molecule has 2 atom stereocenters. The van der Waals surface area contributed by atoms with Gasteiger partial charge >= 0.3 is 0 Å². The smallest absolute Gasteiger partial charge is 0.273 e. The first-order valence-corrected chi connectivity index (χ1v) is 12.3. The van der Waals surface area contributed by atoms with Gasteiger partial charge in [0.2, 0.25) is 0 Å². The summed E-state index contributed by atoms with van der Waals surface area (Å²) in [4.78, 5) is 22.5. The standard InChI is InChI=1S/C24H31N3O3S/c1-17-14-26(16-24(30-17)10-3-4-11-24)23-25-20(15-31-23)22(28)27-12-6-9-21(27)18-7-5-8-19(13-18)29-2/h5,7-8,13,15,17,21H,3-4,6,9-12,14,16H2,1-2H3. The topological polar surface area (TPSA) is 54.9 Å². The summed E-state index contributed by atoms with van der Waals surface area (Å²) in [6.45, 7) is 4.63. The van der Waals surface area contributed by atoms with Crippen molar-refractivity contribution in [3.63, 3.8) is 0 Å². The Kier molecular flexibility index (Phi) is 5.65. The number of anilines is 1. The quantitative estimate of drug-likeness (QED) is 0.690. The molecule has 1 aromatic heterocycles. The summed E-state index contributed by atoms with van der Waals surface area (Å²) in [7, 11) is 1.68. The molecule has 1 aliphatic carbocycles. The Bertz CT molecular complexity index is 940. The highest BCUT2D eigenvalue weighted by Gasteiger charge is 2.42. The van der Waals surface area contributed by atoms with E-state index in [1.54, 1.807) is 18.4 Å². The van der Waals surface area contributed by atoms with Crippen molar-refractivity contribution < 1.29 is 14.3 Å². The molecule has 5 rings (SSSR count). The van der Waals surface area contributed by atoms with Crippen molar-refractivity contribution in [2.75, 3.05) is 31.6 Å². The van der Waals surface area contributed by atoms with Gasteiger partial charge in [-0.3, -0.25) is 4.79 Å². The van der Waals surface area contributed by atoms with Gasteiger partial charge in [-0.05, 0) is 50.3 Å². The van der Waals surface area contributed by atoms with Crippen molar-refractivity contribution in [3.05, 3.63) is 40.9 Å². The molecule has 0 N–H and O–H groups in total. The number of hydrogen-bond acceptors (Lipinski definition) is 6. The number of rotatable bonds is 4. The molecular formula is C24H31N3O3S. The molecule has 3 fully saturated rings. The van der Waals surface area contributed by atoms with Crippen LogP contribution < -0.4 is 9.64 Å². The van der Waals surface area contributed by atoms with E-state index in [2.05, 4.69) is 17.9 Å². The van der Waals surface area contributed by atoms with E-state index in [-0.39, 0.29) is 23.7 Å². The van der Waals surface area contributed by atoms with Crippen molar-refractivity contribution >= 4 is 22.4 Å². The molecule has 1 spiro atoms. The minimum absolute atomic E-state index is 0.0279. The largest absolute Gasteiger partial charge is 0.497 e. The van der Waals surface area contributed by atoms with E-state index in [0.29, 0.717) is 5.69 Å². The third-order valence-electron chi connectivity index (χ3n) is 6.90. The zero-order valence-corrected chi connectivity index (χ0v) is 19.2. The number of nitrogens with zero attached hydrogens (tertiary/aromatic N) is 3. The molecule has 2 aromatic rings. The highest BCUT2D eigenvalue weighted by molar-refractivity contribution is 7.13. The summed E-state index contributed by atoms with van der Waals surface area (Å²) in [5, 5.41) is 2.88. The fourth-order valence-corrected chi connectivity index (χ4v) is 6.33.